The van der Waals surface area contributed by atoms with Crippen molar-refractivity contribution in [2.75, 3.05) is 18.8 Å². The quantitative estimate of drug-likeness (QED) is 0.613. The summed E-state index contributed by atoms with van der Waals surface area (Å²) in [7, 11) is -3.11. The van der Waals surface area contributed by atoms with Gasteiger partial charge >= 0.3 is 0 Å². The van der Waals surface area contributed by atoms with Gasteiger partial charge in [-0.25, -0.2) is 13.1 Å². The first-order chi connectivity index (χ1) is 9.55. The molecule has 2 N–H and O–H groups in total. The van der Waals surface area contributed by atoms with Crippen molar-refractivity contribution in [2.45, 2.75) is 38.1 Å². The molecule has 0 spiro atoms. The third kappa shape index (κ3) is 6.67. The molecule has 1 aliphatic rings. The Morgan fingerprint density at radius 3 is 2.70 bits per heavy atom. The molecular weight excluding hydrogens is 360 g/mol. The van der Waals surface area contributed by atoms with Gasteiger partial charge in [0.25, 0.3) is 0 Å². The van der Waals surface area contributed by atoms with Crippen LogP contribution in [0.15, 0.2) is 15.9 Å². The van der Waals surface area contributed by atoms with Gasteiger partial charge in [-0.05, 0) is 66.7 Å². The van der Waals surface area contributed by atoms with Gasteiger partial charge in [0.1, 0.15) is 0 Å². The zero-order valence-corrected chi connectivity index (χ0v) is 14.6. The van der Waals surface area contributed by atoms with Gasteiger partial charge in [0, 0.05) is 17.5 Å². The van der Waals surface area contributed by atoms with E-state index in [2.05, 4.69) is 26.0 Å². The van der Waals surface area contributed by atoms with Crippen LogP contribution in [0.1, 0.15) is 30.6 Å². The highest BCUT2D eigenvalue weighted by molar-refractivity contribution is 9.11. The molecule has 7 heteroatoms. The van der Waals surface area contributed by atoms with Crippen LogP contribution in [0.4, 0.5) is 0 Å². The second-order valence-corrected chi connectivity index (χ2v) is 9.58. The fourth-order valence-electron chi connectivity index (χ4n) is 1.90. The highest BCUT2D eigenvalue weighted by Crippen LogP contribution is 2.22. The molecule has 0 amide bonds. The molecule has 1 fully saturated rings. The van der Waals surface area contributed by atoms with Crippen LogP contribution in [0.25, 0.3) is 0 Å². The van der Waals surface area contributed by atoms with Gasteiger partial charge < -0.3 is 5.32 Å². The number of nitrogens with one attached hydrogen (secondary N) is 2. The molecule has 1 aromatic heterocycles. The van der Waals surface area contributed by atoms with E-state index in [1.165, 1.54) is 17.7 Å². The fraction of sp³-hybridized carbons (Fsp3) is 0.692. The standard InChI is InChI=1S/C13H21BrN2O2S2/c14-13-6-5-12(19-13)7-9-16-20(17,18)10-2-1-8-15-11-3-4-11/h5-6,11,15-16H,1-4,7-10H2. The number of rotatable bonds is 10. The summed E-state index contributed by atoms with van der Waals surface area (Å²) in [4.78, 5) is 1.19. The third-order valence-corrected chi connectivity index (χ3v) is 6.33. The first-order valence-electron chi connectivity index (χ1n) is 7.00. The van der Waals surface area contributed by atoms with Crippen LogP contribution in [-0.2, 0) is 16.4 Å². The van der Waals surface area contributed by atoms with Crippen molar-refractivity contribution in [2.24, 2.45) is 0 Å². The minimum absolute atomic E-state index is 0.230. The minimum atomic E-state index is -3.11. The summed E-state index contributed by atoms with van der Waals surface area (Å²) in [5.41, 5.74) is 0. The molecule has 4 nitrogen and oxygen atoms in total. The maximum Gasteiger partial charge on any atom is 0.211 e. The molecule has 0 radical (unpaired) electrons. The molecule has 114 valence electrons. The van der Waals surface area contributed by atoms with Crippen molar-refractivity contribution in [1.29, 1.82) is 0 Å². The average Bonchev–Trinajstić information content (AvgIpc) is 3.11. The average molecular weight is 381 g/mol. The molecule has 1 heterocycles. The molecule has 1 saturated carbocycles. The monoisotopic (exact) mass is 380 g/mol. The maximum atomic E-state index is 11.8. The van der Waals surface area contributed by atoms with E-state index in [-0.39, 0.29) is 5.75 Å². The first kappa shape index (κ1) is 16.4. The van der Waals surface area contributed by atoms with E-state index in [0.717, 1.165) is 29.6 Å². The highest BCUT2D eigenvalue weighted by Gasteiger charge is 2.19. The van der Waals surface area contributed by atoms with Gasteiger partial charge in [-0.15, -0.1) is 11.3 Å². The number of hydrogen-bond acceptors (Lipinski definition) is 4. The molecule has 0 saturated heterocycles. The summed E-state index contributed by atoms with van der Waals surface area (Å²) >= 11 is 5.05. The zero-order valence-electron chi connectivity index (χ0n) is 11.4. The Hall–Kier alpha value is 0.0500. The number of thiophene rings is 1. The van der Waals surface area contributed by atoms with Gasteiger partial charge in [0.2, 0.25) is 10.0 Å². The summed E-state index contributed by atoms with van der Waals surface area (Å²) < 4.78 is 27.3. The lowest BCUT2D eigenvalue weighted by Gasteiger charge is -2.06. The molecule has 1 aromatic rings. The summed E-state index contributed by atoms with van der Waals surface area (Å²) in [5, 5.41) is 3.39. The summed E-state index contributed by atoms with van der Waals surface area (Å²) in [6.45, 7) is 1.42. The van der Waals surface area contributed by atoms with Crippen molar-refractivity contribution in [3.05, 3.63) is 20.8 Å². The Bertz CT molecular complexity index is 512. The summed E-state index contributed by atoms with van der Waals surface area (Å²) in [6, 6.07) is 4.71. The number of hydrogen-bond donors (Lipinski definition) is 2. The van der Waals surface area contributed by atoms with Gasteiger partial charge in [-0.1, -0.05) is 0 Å². The molecule has 1 aliphatic carbocycles. The van der Waals surface area contributed by atoms with Crippen molar-refractivity contribution in [1.82, 2.24) is 10.0 Å². The zero-order chi connectivity index (χ0) is 14.4. The van der Waals surface area contributed by atoms with Crippen molar-refractivity contribution in [3.8, 4) is 0 Å². The Balaban J connectivity index is 1.55. The first-order valence-corrected chi connectivity index (χ1v) is 10.3. The predicted octanol–water partition coefficient (Wildman–Crippen LogP) is 2.50. The Morgan fingerprint density at radius 2 is 2.05 bits per heavy atom. The molecule has 0 aromatic carbocycles. The molecule has 2 rings (SSSR count). The van der Waals surface area contributed by atoms with Crippen LogP contribution in [0.2, 0.25) is 0 Å². The Labute approximate surface area is 133 Å². The van der Waals surface area contributed by atoms with Crippen LogP contribution in [0.3, 0.4) is 0 Å². The SMILES string of the molecule is O=S(=O)(CCCCNC1CC1)NCCc1ccc(Br)s1. The maximum absolute atomic E-state index is 11.8. The van der Waals surface area contributed by atoms with E-state index in [1.54, 1.807) is 11.3 Å². The lowest BCUT2D eigenvalue weighted by atomic mass is 10.3. The van der Waals surface area contributed by atoms with Gasteiger partial charge in [-0.3, -0.25) is 0 Å². The molecular formula is C13H21BrN2O2S2. The molecule has 0 bridgehead atoms. The topological polar surface area (TPSA) is 58.2 Å². The summed E-state index contributed by atoms with van der Waals surface area (Å²) in [5.74, 6) is 0.230. The Morgan fingerprint density at radius 1 is 1.25 bits per heavy atom. The lowest BCUT2D eigenvalue weighted by molar-refractivity contribution is 0.573. The van der Waals surface area contributed by atoms with E-state index in [9.17, 15) is 8.42 Å². The Kier molecular flexibility index (Phi) is 6.48. The lowest BCUT2D eigenvalue weighted by Crippen LogP contribution is -2.28. The highest BCUT2D eigenvalue weighted by atomic mass is 79.9. The molecule has 0 unspecified atom stereocenters. The van der Waals surface area contributed by atoms with Crippen LogP contribution >= 0.6 is 27.3 Å². The largest absolute Gasteiger partial charge is 0.314 e. The van der Waals surface area contributed by atoms with E-state index < -0.39 is 10.0 Å². The number of halogens is 1. The number of unbranched alkanes of at least 4 members (excludes halogenated alkanes) is 1. The third-order valence-electron chi connectivity index (χ3n) is 3.17. The normalized spacial score (nSPS) is 15.7. The van der Waals surface area contributed by atoms with Gasteiger partial charge in [0.05, 0.1) is 9.54 Å². The second kappa shape index (κ2) is 7.89. The van der Waals surface area contributed by atoms with Crippen molar-refractivity contribution in [3.63, 3.8) is 0 Å². The van der Waals surface area contributed by atoms with Gasteiger partial charge in [-0.2, -0.15) is 0 Å². The second-order valence-electron chi connectivity index (χ2n) is 5.10. The van der Waals surface area contributed by atoms with Crippen LogP contribution in [-0.4, -0.2) is 33.3 Å². The van der Waals surface area contributed by atoms with Crippen LogP contribution in [0.5, 0.6) is 0 Å². The summed E-state index contributed by atoms with van der Waals surface area (Å²) in [6.07, 6.45) is 4.95. The van der Waals surface area contributed by atoms with Crippen molar-refractivity contribution < 1.29 is 8.42 Å². The smallest absolute Gasteiger partial charge is 0.211 e. The number of sulfonamides is 1. The van der Waals surface area contributed by atoms with Gasteiger partial charge in [0.15, 0.2) is 0 Å². The molecule has 0 aliphatic heterocycles. The molecule has 20 heavy (non-hydrogen) atoms. The fourth-order valence-corrected chi connectivity index (χ4v) is 4.52. The minimum Gasteiger partial charge on any atom is -0.314 e. The van der Waals surface area contributed by atoms with E-state index >= 15 is 0 Å². The predicted molar refractivity (Wildman–Crippen MR) is 87.8 cm³/mol. The van der Waals surface area contributed by atoms with Crippen LogP contribution < -0.4 is 10.0 Å². The van der Waals surface area contributed by atoms with E-state index in [1.807, 2.05) is 12.1 Å². The van der Waals surface area contributed by atoms with E-state index in [0.29, 0.717) is 12.6 Å². The van der Waals surface area contributed by atoms with Crippen molar-refractivity contribution >= 4 is 37.3 Å². The van der Waals surface area contributed by atoms with Crippen LogP contribution in [0, 0.1) is 0 Å². The van der Waals surface area contributed by atoms with E-state index in [4.69, 9.17) is 0 Å². The molecule has 0 atom stereocenters.